The van der Waals surface area contributed by atoms with Gasteiger partial charge in [0, 0.05) is 17.7 Å². The van der Waals surface area contributed by atoms with Gasteiger partial charge in [-0.3, -0.25) is 4.79 Å². The van der Waals surface area contributed by atoms with Crippen LogP contribution in [0, 0.1) is 0 Å². The minimum Gasteiger partial charge on any atom is -0.494 e. The first kappa shape index (κ1) is 16.2. The minimum atomic E-state index is -0.126. The molecule has 1 aromatic heterocycles. The fourth-order valence-electron chi connectivity index (χ4n) is 2.71. The van der Waals surface area contributed by atoms with E-state index in [1.54, 1.807) is 6.07 Å². The molecule has 0 aliphatic rings. The molecule has 0 aliphatic carbocycles. The van der Waals surface area contributed by atoms with Gasteiger partial charge in [0.15, 0.2) is 0 Å². The summed E-state index contributed by atoms with van der Waals surface area (Å²) in [5.41, 5.74) is 2.51. The van der Waals surface area contributed by atoms with E-state index in [1.165, 1.54) is 0 Å². The minimum absolute atomic E-state index is 0.126. The molecule has 1 heterocycles. The molecule has 0 fully saturated rings. The molecule has 0 aliphatic heterocycles. The van der Waals surface area contributed by atoms with Crippen molar-refractivity contribution < 1.29 is 4.74 Å². The summed E-state index contributed by atoms with van der Waals surface area (Å²) >= 11 is 0. The van der Waals surface area contributed by atoms with Crippen LogP contribution in [0.15, 0.2) is 47.3 Å². The van der Waals surface area contributed by atoms with Crippen molar-refractivity contribution in [3.8, 4) is 17.1 Å². The van der Waals surface area contributed by atoms with Gasteiger partial charge in [0.05, 0.1) is 17.5 Å². The third-order valence-electron chi connectivity index (χ3n) is 3.73. The van der Waals surface area contributed by atoms with Gasteiger partial charge in [0.2, 0.25) is 0 Å². The average molecular weight is 323 g/mol. The monoisotopic (exact) mass is 323 g/mol. The number of ether oxygens (including phenoxy) is 1. The van der Waals surface area contributed by atoms with Gasteiger partial charge < -0.3 is 14.6 Å². The Balaban J connectivity index is 2.10. The molecule has 0 unspecified atom stereocenters. The third kappa shape index (κ3) is 3.31. The number of aromatic amines is 1. The van der Waals surface area contributed by atoms with Gasteiger partial charge in [-0.05, 0) is 51.4 Å². The Hall–Kier alpha value is -2.66. The Kier molecular flexibility index (Phi) is 4.62. The van der Waals surface area contributed by atoms with Gasteiger partial charge >= 0.3 is 0 Å². The van der Waals surface area contributed by atoms with Crippen LogP contribution in [0.25, 0.3) is 22.3 Å². The number of hydrogen-bond acceptors (Lipinski definition) is 4. The Labute approximate surface area is 140 Å². The summed E-state index contributed by atoms with van der Waals surface area (Å²) in [6, 6.07) is 13.2. The highest BCUT2D eigenvalue weighted by Gasteiger charge is 2.10. The number of aromatic nitrogens is 2. The number of para-hydroxylation sites is 1. The molecule has 0 saturated heterocycles. The predicted octanol–water partition coefficient (Wildman–Crippen LogP) is 3.05. The van der Waals surface area contributed by atoms with Gasteiger partial charge in [0.1, 0.15) is 11.6 Å². The lowest BCUT2D eigenvalue weighted by atomic mass is 10.1. The van der Waals surface area contributed by atoms with E-state index in [-0.39, 0.29) is 5.56 Å². The first-order valence-electron chi connectivity index (χ1n) is 7.98. The predicted molar refractivity (Wildman–Crippen MR) is 96.4 cm³/mol. The summed E-state index contributed by atoms with van der Waals surface area (Å²) in [7, 11) is 4.02. The van der Waals surface area contributed by atoms with Crippen molar-refractivity contribution in [1.29, 1.82) is 0 Å². The molecule has 0 bridgehead atoms. The fourth-order valence-corrected chi connectivity index (χ4v) is 2.71. The van der Waals surface area contributed by atoms with Gasteiger partial charge in [-0.1, -0.05) is 12.1 Å². The zero-order valence-electron chi connectivity index (χ0n) is 14.2. The topological polar surface area (TPSA) is 58.2 Å². The first-order valence-corrected chi connectivity index (χ1v) is 7.98. The smallest absolute Gasteiger partial charge is 0.259 e. The van der Waals surface area contributed by atoms with E-state index in [0.29, 0.717) is 23.3 Å². The lowest BCUT2D eigenvalue weighted by molar-refractivity contribution is 0.325. The molecule has 5 nitrogen and oxygen atoms in total. The molecular weight excluding hydrogens is 302 g/mol. The summed E-state index contributed by atoms with van der Waals surface area (Å²) < 4.78 is 5.70. The van der Waals surface area contributed by atoms with Crippen molar-refractivity contribution in [2.24, 2.45) is 0 Å². The molecule has 2 aromatic carbocycles. The van der Waals surface area contributed by atoms with E-state index in [2.05, 4.69) is 14.9 Å². The highest BCUT2D eigenvalue weighted by Crippen LogP contribution is 2.26. The molecule has 3 aromatic rings. The normalized spacial score (nSPS) is 11.2. The fraction of sp³-hybridized carbons (Fsp3) is 0.263. The molecule has 0 spiro atoms. The molecule has 0 saturated carbocycles. The third-order valence-corrected chi connectivity index (χ3v) is 3.73. The molecule has 0 radical (unpaired) electrons. The summed E-state index contributed by atoms with van der Waals surface area (Å²) in [4.78, 5) is 21.8. The summed E-state index contributed by atoms with van der Waals surface area (Å²) in [6.07, 6.45) is 0. The molecule has 1 N–H and O–H groups in total. The van der Waals surface area contributed by atoms with Crippen LogP contribution in [0.1, 0.15) is 12.5 Å². The molecule has 0 atom stereocenters. The largest absolute Gasteiger partial charge is 0.494 e. The van der Waals surface area contributed by atoms with Crippen molar-refractivity contribution in [3.05, 3.63) is 58.4 Å². The Morgan fingerprint density at radius 2 is 1.96 bits per heavy atom. The van der Waals surface area contributed by atoms with Crippen LogP contribution in [-0.4, -0.2) is 35.6 Å². The van der Waals surface area contributed by atoms with E-state index in [4.69, 9.17) is 4.74 Å². The highest BCUT2D eigenvalue weighted by atomic mass is 16.5. The highest BCUT2D eigenvalue weighted by molar-refractivity contribution is 5.79. The van der Waals surface area contributed by atoms with E-state index < -0.39 is 0 Å². The van der Waals surface area contributed by atoms with Crippen LogP contribution < -0.4 is 10.3 Å². The number of benzene rings is 2. The van der Waals surface area contributed by atoms with Crippen LogP contribution in [0.2, 0.25) is 0 Å². The number of rotatable bonds is 5. The Morgan fingerprint density at radius 1 is 1.17 bits per heavy atom. The molecule has 24 heavy (non-hydrogen) atoms. The summed E-state index contributed by atoms with van der Waals surface area (Å²) in [5, 5.41) is 0.598. The lowest BCUT2D eigenvalue weighted by Crippen LogP contribution is -2.13. The maximum absolute atomic E-state index is 12.3. The first-order chi connectivity index (χ1) is 11.6. The number of nitrogens with zero attached hydrogens (tertiary/aromatic N) is 2. The number of hydrogen-bond donors (Lipinski definition) is 1. The molecule has 3 rings (SSSR count). The maximum atomic E-state index is 12.3. The quantitative estimate of drug-likeness (QED) is 0.784. The second-order valence-electron chi connectivity index (χ2n) is 5.92. The standard InChI is InChI=1S/C19H21N3O2/c1-4-24-17-10-9-13(11-14(17)12-22(2)3)18-20-16-8-6-5-7-15(16)19(23)21-18/h5-11H,4,12H2,1-3H3,(H,20,21,23). The van der Waals surface area contributed by atoms with Crippen LogP contribution in [0.5, 0.6) is 5.75 Å². The van der Waals surface area contributed by atoms with Gasteiger partial charge in [0.25, 0.3) is 5.56 Å². The van der Waals surface area contributed by atoms with Crippen molar-refractivity contribution in [3.63, 3.8) is 0 Å². The molecule has 5 heteroatoms. The number of fused-ring (bicyclic) bond motifs is 1. The molecule has 124 valence electrons. The van der Waals surface area contributed by atoms with E-state index in [9.17, 15) is 4.79 Å². The van der Waals surface area contributed by atoms with Crippen LogP contribution in [0.4, 0.5) is 0 Å². The van der Waals surface area contributed by atoms with Crippen molar-refractivity contribution in [1.82, 2.24) is 14.9 Å². The van der Waals surface area contributed by atoms with E-state index in [0.717, 1.165) is 23.4 Å². The maximum Gasteiger partial charge on any atom is 0.259 e. The van der Waals surface area contributed by atoms with Crippen molar-refractivity contribution in [2.75, 3.05) is 20.7 Å². The van der Waals surface area contributed by atoms with Crippen LogP contribution >= 0.6 is 0 Å². The lowest BCUT2D eigenvalue weighted by Gasteiger charge is -2.15. The van der Waals surface area contributed by atoms with Crippen molar-refractivity contribution in [2.45, 2.75) is 13.5 Å². The summed E-state index contributed by atoms with van der Waals surface area (Å²) in [5.74, 6) is 1.43. The molecular formula is C19H21N3O2. The second-order valence-corrected chi connectivity index (χ2v) is 5.92. The number of H-pyrrole nitrogens is 1. The number of nitrogens with one attached hydrogen (secondary N) is 1. The molecule has 0 amide bonds. The van der Waals surface area contributed by atoms with E-state index in [1.807, 2.05) is 57.4 Å². The zero-order chi connectivity index (χ0) is 17.1. The van der Waals surface area contributed by atoms with Gasteiger partial charge in [-0.15, -0.1) is 0 Å². The van der Waals surface area contributed by atoms with E-state index >= 15 is 0 Å². The van der Waals surface area contributed by atoms with Gasteiger partial charge in [-0.2, -0.15) is 0 Å². The zero-order valence-corrected chi connectivity index (χ0v) is 14.2. The van der Waals surface area contributed by atoms with Crippen LogP contribution in [0.3, 0.4) is 0 Å². The van der Waals surface area contributed by atoms with Crippen molar-refractivity contribution >= 4 is 10.9 Å². The average Bonchev–Trinajstić information content (AvgIpc) is 2.56. The summed E-state index contributed by atoms with van der Waals surface area (Å²) in [6.45, 7) is 3.33. The SMILES string of the molecule is CCOc1ccc(-c2nc3ccccc3c(=O)[nH]2)cc1CN(C)C. The second kappa shape index (κ2) is 6.84. The Bertz CT molecular complexity index is 916. The Morgan fingerprint density at radius 3 is 2.71 bits per heavy atom. The van der Waals surface area contributed by atoms with Crippen LogP contribution in [-0.2, 0) is 6.54 Å². The van der Waals surface area contributed by atoms with Gasteiger partial charge in [-0.25, -0.2) is 4.98 Å².